The van der Waals surface area contributed by atoms with Gasteiger partial charge in [-0.15, -0.1) is 0 Å². The lowest BCUT2D eigenvalue weighted by molar-refractivity contribution is -0.140. The second-order valence-corrected chi connectivity index (χ2v) is 19.0. The fraction of sp³-hybridized carbons (Fsp3) is 0.200. The third kappa shape index (κ3) is 9.98. The Morgan fingerprint density at radius 2 is 0.893 bits per heavy atom. The summed E-state index contributed by atoms with van der Waals surface area (Å²) in [6, 6.07) is 31.3. The first-order chi connectivity index (χ1) is 26.9. The van der Waals surface area contributed by atoms with Crippen LogP contribution in [0.3, 0.4) is 0 Å². The van der Waals surface area contributed by atoms with Crippen LogP contribution in [0.1, 0.15) is 11.5 Å². The van der Waals surface area contributed by atoms with Gasteiger partial charge >= 0.3 is 11.9 Å². The van der Waals surface area contributed by atoms with Crippen molar-refractivity contribution in [1.29, 1.82) is 0 Å². The monoisotopic (exact) mass is 832 g/mol. The minimum absolute atomic E-state index is 0.0273. The van der Waals surface area contributed by atoms with Crippen LogP contribution < -0.4 is 0 Å². The van der Waals surface area contributed by atoms with Crippen LogP contribution >= 0.6 is 21.6 Å². The minimum Gasteiger partial charge on any atom is -0.464 e. The molecule has 0 amide bonds. The number of hydrogen-bond donors (Lipinski definition) is 0. The van der Waals surface area contributed by atoms with Crippen LogP contribution in [0.15, 0.2) is 128 Å². The van der Waals surface area contributed by atoms with E-state index in [-0.39, 0.29) is 23.0 Å². The van der Waals surface area contributed by atoms with Gasteiger partial charge in [0.15, 0.2) is 31.2 Å². The van der Waals surface area contributed by atoms with Crippen molar-refractivity contribution in [2.24, 2.45) is 0 Å². The number of carbonyl (C=O) groups is 2. The number of nitrogens with zero attached hydrogens (tertiary/aromatic N) is 2. The fourth-order valence-electron chi connectivity index (χ4n) is 5.73. The smallest absolute Gasteiger partial charge is 0.321 e. The molecule has 0 fully saturated rings. The van der Waals surface area contributed by atoms with E-state index in [9.17, 15) is 26.4 Å². The maximum atomic E-state index is 12.9. The molecule has 12 nitrogen and oxygen atoms in total. The molecule has 4 aromatic carbocycles. The highest BCUT2D eigenvalue weighted by molar-refractivity contribution is 8.76. The Balaban J connectivity index is 0.884. The predicted octanol–water partition coefficient (Wildman–Crippen LogP) is 7.66. The first-order valence-corrected chi connectivity index (χ1v) is 23.0. The van der Waals surface area contributed by atoms with Crippen molar-refractivity contribution >= 4 is 53.2 Å². The van der Waals surface area contributed by atoms with Crippen LogP contribution in [0.2, 0.25) is 0 Å². The number of hydrogen-bond acceptors (Lipinski definition) is 14. The number of benzene rings is 4. The molecule has 6 aromatic rings. The lowest BCUT2D eigenvalue weighted by Crippen LogP contribution is -2.20. The van der Waals surface area contributed by atoms with E-state index in [1.165, 1.54) is 45.9 Å². The van der Waals surface area contributed by atoms with E-state index in [1.807, 2.05) is 74.5 Å². The first-order valence-electron chi connectivity index (χ1n) is 17.2. The lowest BCUT2D eigenvalue weighted by Gasteiger charge is -2.08. The van der Waals surface area contributed by atoms with Crippen molar-refractivity contribution in [2.75, 3.05) is 36.2 Å². The zero-order chi connectivity index (χ0) is 39.7. The average molecular weight is 833 g/mol. The molecule has 290 valence electrons. The summed E-state index contributed by atoms with van der Waals surface area (Å²) in [7, 11) is -5.27. The van der Waals surface area contributed by atoms with Crippen molar-refractivity contribution < 1.29 is 44.9 Å². The van der Waals surface area contributed by atoms with Crippen LogP contribution in [0.4, 0.5) is 0 Å². The molecule has 0 aliphatic heterocycles. The van der Waals surface area contributed by atoms with E-state index in [0.717, 1.165) is 22.3 Å². The fourth-order valence-corrected chi connectivity index (χ4v) is 9.60. The van der Waals surface area contributed by atoms with Gasteiger partial charge in [0.25, 0.3) is 0 Å². The second kappa shape index (κ2) is 18.2. The van der Waals surface area contributed by atoms with Crippen molar-refractivity contribution in [3.63, 3.8) is 0 Å². The molecule has 0 bridgehead atoms. The molecule has 56 heavy (non-hydrogen) atoms. The highest BCUT2D eigenvalue weighted by Crippen LogP contribution is 2.36. The lowest BCUT2D eigenvalue weighted by atomic mass is 10.00. The summed E-state index contributed by atoms with van der Waals surface area (Å²) < 4.78 is 72.7. The second-order valence-electron chi connectivity index (χ2n) is 12.3. The van der Waals surface area contributed by atoms with Crippen LogP contribution in [0, 0.1) is 13.8 Å². The molecule has 0 N–H and O–H groups in total. The highest BCUT2D eigenvalue weighted by atomic mass is 33.1. The van der Waals surface area contributed by atoms with E-state index >= 15 is 0 Å². The normalized spacial score (nSPS) is 11.7. The number of ether oxygens (including phenoxy) is 2. The molecule has 0 atom stereocenters. The number of carbonyl (C=O) groups excluding carboxylic acids is 2. The van der Waals surface area contributed by atoms with Crippen LogP contribution in [-0.4, -0.2) is 75.3 Å². The third-order valence-corrected chi connectivity index (χ3v) is 13.9. The maximum Gasteiger partial charge on any atom is 0.321 e. The van der Waals surface area contributed by atoms with Gasteiger partial charge in [-0.1, -0.05) is 117 Å². The summed E-state index contributed by atoms with van der Waals surface area (Å²) >= 11 is 0. The number of aryl methyl sites for hydroxylation is 2. The molecule has 0 aliphatic carbocycles. The third-order valence-electron chi connectivity index (χ3n) is 8.38. The van der Waals surface area contributed by atoms with Crippen molar-refractivity contribution in [3.05, 3.63) is 121 Å². The largest absolute Gasteiger partial charge is 0.464 e. The van der Waals surface area contributed by atoms with Gasteiger partial charge < -0.3 is 18.5 Å². The van der Waals surface area contributed by atoms with Gasteiger partial charge in [-0.05, 0) is 49.2 Å². The number of esters is 2. The van der Waals surface area contributed by atoms with E-state index in [4.69, 9.17) is 18.5 Å². The Kier molecular flexibility index (Phi) is 13.2. The summed E-state index contributed by atoms with van der Waals surface area (Å²) in [5.74, 6) is -1.43. The molecule has 0 spiro atoms. The van der Waals surface area contributed by atoms with Crippen molar-refractivity contribution in [1.82, 2.24) is 10.3 Å². The van der Waals surface area contributed by atoms with Crippen LogP contribution in [-0.2, 0) is 38.7 Å². The van der Waals surface area contributed by atoms with Gasteiger partial charge in [0.1, 0.15) is 36.1 Å². The summed E-state index contributed by atoms with van der Waals surface area (Å²) in [5.41, 5.74) is 5.94. The molecule has 2 heterocycles. The van der Waals surface area contributed by atoms with Crippen molar-refractivity contribution in [3.8, 4) is 44.8 Å². The Morgan fingerprint density at radius 1 is 0.536 bits per heavy atom. The number of rotatable bonds is 17. The first kappa shape index (κ1) is 40.5. The van der Waals surface area contributed by atoms with E-state index < -0.39 is 43.1 Å². The quantitative estimate of drug-likeness (QED) is 0.0498. The summed E-state index contributed by atoms with van der Waals surface area (Å²) in [5, 5.41) is 8.33. The van der Waals surface area contributed by atoms with Gasteiger partial charge in [-0.2, -0.15) is 0 Å². The molecular weight excluding hydrogens is 797 g/mol. The molecule has 0 saturated carbocycles. The molecule has 0 unspecified atom stereocenters. The summed E-state index contributed by atoms with van der Waals surface area (Å²) in [6.07, 6.45) is 0. The molecule has 0 aliphatic rings. The predicted molar refractivity (Wildman–Crippen MR) is 215 cm³/mol. The standard InChI is InChI=1S/C40H36N2O10S4/c1-27-37(29-9-5-3-6-10-29)39(41-51-27)31-13-17-33(18-14-31)55(45,46)25-35(43)49-21-23-53-54-24-22-50-36(44)26-56(47,48)34-19-15-32(16-20-34)40-38(28(2)52-42-40)30-11-7-4-8-12-30/h3-20H,21-26H2,1-2H3. The Labute approximate surface area is 332 Å². The van der Waals surface area contributed by atoms with Gasteiger partial charge in [-0.25, -0.2) is 16.8 Å². The Bertz CT molecular complexity index is 2320. The number of aromatic nitrogens is 2. The van der Waals surface area contributed by atoms with Gasteiger partial charge in [0.05, 0.1) is 20.9 Å². The molecule has 0 radical (unpaired) electrons. The zero-order valence-corrected chi connectivity index (χ0v) is 33.5. The SMILES string of the molecule is Cc1onc(-c2ccc(S(=O)(=O)CC(=O)OCCSSCCOC(=O)CS(=O)(=O)c3ccc(-c4noc(C)c4-c4ccccc4)cc3)cc2)c1-c1ccccc1. The van der Waals surface area contributed by atoms with E-state index in [0.29, 0.717) is 45.5 Å². The molecular formula is C40H36N2O10S4. The van der Waals surface area contributed by atoms with Gasteiger partial charge in [-0.3, -0.25) is 9.59 Å². The van der Waals surface area contributed by atoms with E-state index in [1.54, 1.807) is 24.3 Å². The van der Waals surface area contributed by atoms with Gasteiger partial charge in [0.2, 0.25) is 0 Å². The highest BCUT2D eigenvalue weighted by Gasteiger charge is 2.24. The zero-order valence-electron chi connectivity index (χ0n) is 30.2. The Hall–Kier alpha value is -5.16. The Morgan fingerprint density at radius 3 is 1.25 bits per heavy atom. The van der Waals surface area contributed by atoms with Crippen molar-refractivity contribution in [2.45, 2.75) is 23.6 Å². The summed E-state index contributed by atoms with van der Waals surface area (Å²) in [4.78, 5) is 24.6. The number of sulfone groups is 2. The molecule has 16 heteroatoms. The average Bonchev–Trinajstić information content (AvgIpc) is 3.78. The summed E-state index contributed by atoms with van der Waals surface area (Å²) in [6.45, 7) is 3.56. The molecule has 0 saturated heterocycles. The molecule has 6 rings (SSSR count). The molecule has 2 aromatic heterocycles. The maximum absolute atomic E-state index is 12.9. The minimum atomic E-state index is -3.96. The van der Waals surface area contributed by atoms with Crippen LogP contribution in [0.5, 0.6) is 0 Å². The topological polar surface area (TPSA) is 173 Å². The van der Waals surface area contributed by atoms with E-state index in [2.05, 4.69) is 10.3 Å². The van der Waals surface area contributed by atoms with Crippen LogP contribution in [0.25, 0.3) is 44.8 Å². The van der Waals surface area contributed by atoms with Gasteiger partial charge in [0, 0.05) is 22.6 Å².